The minimum atomic E-state index is -1.91. The molecular formula is C25H21N3O6. The molecule has 0 unspecified atom stereocenters. The van der Waals surface area contributed by atoms with Crippen LogP contribution in [0.5, 0.6) is 0 Å². The Morgan fingerprint density at radius 2 is 1.82 bits per heavy atom. The number of rotatable bonds is 5. The van der Waals surface area contributed by atoms with Crippen molar-refractivity contribution >= 4 is 23.5 Å². The van der Waals surface area contributed by atoms with E-state index in [1.165, 1.54) is 11.8 Å². The molecule has 9 nitrogen and oxygen atoms in total. The van der Waals surface area contributed by atoms with E-state index in [-0.39, 0.29) is 29.4 Å². The summed E-state index contributed by atoms with van der Waals surface area (Å²) in [6.07, 6.45) is 0. The molecule has 2 N–H and O–H groups in total. The van der Waals surface area contributed by atoms with Crippen molar-refractivity contribution in [1.82, 2.24) is 0 Å². The molecule has 1 spiro atoms. The standard InChI is InChI=1S/C25H21N3O6/c1-15-21(23(30)32-2)25(18(12-26)22(27)34-15)17-10-6-7-11-19(17)28(24(25)31)13-20(29)33-14-16-8-4-3-5-9-16/h3-11H,13-14,27H2,1-2H3/t25-/m0/s1. The van der Waals surface area contributed by atoms with Gasteiger partial charge in [-0.25, -0.2) is 4.79 Å². The first kappa shape index (κ1) is 22.6. The molecule has 2 aliphatic heterocycles. The molecule has 0 aromatic heterocycles. The molecule has 2 aromatic rings. The predicted octanol–water partition coefficient (Wildman–Crippen LogP) is 2.19. The van der Waals surface area contributed by atoms with Gasteiger partial charge in [0.25, 0.3) is 0 Å². The zero-order chi connectivity index (χ0) is 24.5. The summed E-state index contributed by atoms with van der Waals surface area (Å²) in [5.41, 5.74) is 5.13. The first-order chi connectivity index (χ1) is 16.4. The van der Waals surface area contributed by atoms with Crippen LogP contribution in [0.2, 0.25) is 0 Å². The quantitative estimate of drug-likeness (QED) is 0.673. The van der Waals surface area contributed by atoms with Crippen molar-refractivity contribution in [3.8, 4) is 6.07 Å². The van der Waals surface area contributed by atoms with E-state index in [1.807, 2.05) is 36.4 Å². The Kier molecular flexibility index (Phi) is 5.82. The van der Waals surface area contributed by atoms with Gasteiger partial charge in [-0.3, -0.25) is 14.5 Å². The maximum atomic E-state index is 14.0. The van der Waals surface area contributed by atoms with Crippen LogP contribution in [0.3, 0.4) is 0 Å². The summed E-state index contributed by atoms with van der Waals surface area (Å²) in [7, 11) is 1.16. The molecule has 0 fully saturated rings. The molecule has 172 valence electrons. The van der Waals surface area contributed by atoms with Crippen LogP contribution in [0.4, 0.5) is 5.69 Å². The topological polar surface area (TPSA) is 132 Å². The predicted molar refractivity (Wildman–Crippen MR) is 119 cm³/mol. The van der Waals surface area contributed by atoms with Gasteiger partial charge in [0.15, 0.2) is 5.41 Å². The van der Waals surface area contributed by atoms with Gasteiger partial charge in [0.05, 0.1) is 7.11 Å². The van der Waals surface area contributed by atoms with Crippen molar-refractivity contribution in [1.29, 1.82) is 5.26 Å². The number of para-hydroxylation sites is 1. The summed E-state index contributed by atoms with van der Waals surface area (Å²) in [4.78, 5) is 40.8. The normalized spacial score (nSPS) is 19.0. The van der Waals surface area contributed by atoms with Crippen molar-refractivity contribution in [3.63, 3.8) is 0 Å². The highest BCUT2D eigenvalue weighted by Crippen LogP contribution is 2.54. The van der Waals surface area contributed by atoms with Crippen molar-refractivity contribution in [2.45, 2.75) is 18.9 Å². The lowest BCUT2D eigenvalue weighted by atomic mass is 9.68. The lowest BCUT2D eigenvalue weighted by Crippen LogP contribution is -2.49. The Morgan fingerprint density at radius 3 is 2.50 bits per heavy atom. The number of methoxy groups -OCH3 is 1. The number of ether oxygens (including phenoxy) is 3. The number of hydrogen-bond donors (Lipinski definition) is 1. The van der Waals surface area contributed by atoms with E-state index in [0.29, 0.717) is 11.3 Å². The molecule has 0 saturated carbocycles. The van der Waals surface area contributed by atoms with Crippen LogP contribution in [0, 0.1) is 11.3 Å². The average molecular weight is 459 g/mol. The van der Waals surface area contributed by atoms with Gasteiger partial charge in [-0.05, 0) is 18.6 Å². The number of carbonyl (C=O) groups is 3. The Morgan fingerprint density at radius 1 is 1.15 bits per heavy atom. The van der Waals surface area contributed by atoms with Gasteiger partial charge in [-0.15, -0.1) is 0 Å². The Labute approximate surface area is 195 Å². The SMILES string of the molecule is COC(=O)C1=C(C)OC(N)=C(C#N)[C@]12C(=O)N(CC(=O)OCc1ccccc1)c1ccccc12. The maximum absolute atomic E-state index is 14.0. The second-order valence-corrected chi connectivity index (χ2v) is 7.68. The molecule has 2 aromatic carbocycles. The molecule has 0 bridgehead atoms. The zero-order valence-electron chi connectivity index (χ0n) is 18.5. The van der Waals surface area contributed by atoms with Crippen LogP contribution in [0.25, 0.3) is 0 Å². The van der Waals surface area contributed by atoms with E-state index >= 15 is 0 Å². The Balaban J connectivity index is 1.78. The van der Waals surface area contributed by atoms with Gasteiger partial charge in [0.1, 0.15) is 36.1 Å². The second-order valence-electron chi connectivity index (χ2n) is 7.68. The van der Waals surface area contributed by atoms with Crippen LogP contribution < -0.4 is 10.6 Å². The fourth-order valence-corrected chi connectivity index (χ4v) is 4.38. The summed E-state index contributed by atoms with van der Waals surface area (Å²) < 4.78 is 15.7. The number of fused-ring (bicyclic) bond motifs is 2. The molecule has 2 aliphatic rings. The molecule has 0 saturated heterocycles. The summed E-state index contributed by atoms with van der Waals surface area (Å²) in [5.74, 6) is -2.49. The third-order valence-electron chi connectivity index (χ3n) is 5.81. The van der Waals surface area contributed by atoms with Crippen molar-refractivity contribution < 1.29 is 28.6 Å². The fourth-order valence-electron chi connectivity index (χ4n) is 4.38. The van der Waals surface area contributed by atoms with Gasteiger partial charge >= 0.3 is 11.9 Å². The largest absolute Gasteiger partial charge is 0.466 e. The number of nitrogens with two attached hydrogens (primary N) is 1. The minimum Gasteiger partial charge on any atom is -0.466 e. The monoisotopic (exact) mass is 459 g/mol. The first-order valence-corrected chi connectivity index (χ1v) is 10.3. The van der Waals surface area contributed by atoms with Crippen LogP contribution in [-0.4, -0.2) is 31.5 Å². The Hall–Kier alpha value is -4.58. The molecule has 1 atom stereocenters. The third kappa shape index (κ3) is 3.36. The summed E-state index contributed by atoms with van der Waals surface area (Å²) in [6.45, 7) is 1.06. The average Bonchev–Trinajstić information content (AvgIpc) is 3.07. The van der Waals surface area contributed by atoms with E-state index in [4.69, 9.17) is 19.9 Å². The van der Waals surface area contributed by atoms with Gasteiger partial charge in [-0.2, -0.15) is 5.26 Å². The molecule has 4 rings (SSSR count). The summed E-state index contributed by atoms with van der Waals surface area (Å²) in [6, 6.07) is 17.6. The molecular weight excluding hydrogens is 438 g/mol. The van der Waals surface area contributed by atoms with E-state index in [9.17, 15) is 19.6 Å². The maximum Gasteiger partial charge on any atom is 0.339 e. The van der Waals surface area contributed by atoms with Crippen LogP contribution >= 0.6 is 0 Å². The highest BCUT2D eigenvalue weighted by Gasteiger charge is 2.62. The van der Waals surface area contributed by atoms with Crippen LogP contribution in [0.15, 0.2) is 77.4 Å². The highest BCUT2D eigenvalue weighted by atomic mass is 16.5. The summed E-state index contributed by atoms with van der Waals surface area (Å²) in [5, 5.41) is 9.96. The Bertz CT molecular complexity index is 1290. The number of amides is 1. The number of nitriles is 1. The number of esters is 2. The van der Waals surface area contributed by atoms with Crippen LogP contribution in [0.1, 0.15) is 18.1 Å². The number of carbonyl (C=O) groups excluding carboxylic acids is 3. The van der Waals surface area contributed by atoms with E-state index in [1.54, 1.807) is 24.3 Å². The first-order valence-electron chi connectivity index (χ1n) is 10.3. The highest BCUT2D eigenvalue weighted by molar-refractivity contribution is 6.19. The van der Waals surface area contributed by atoms with Gasteiger partial charge in [0, 0.05) is 11.3 Å². The number of allylic oxidation sites excluding steroid dienone is 1. The number of hydrogen-bond acceptors (Lipinski definition) is 8. The molecule has 2 heterocycles. The third-order valence-corrected chi connectivity index (χ3v) is 5.81. The summed E-state index contributed by atoms with van der Waals surface area (Å²) >= 11 is 0. The molecule has 1 amide bonds. The van der Waals surface area contributed by atoms with Gasteiger partial charge in [0.2, 0.25) is 11.8 Å². The van der Waals surface area contributed by atoms with E-state index < -0.39 is 29.8 Å². The molecule has 0 radical (unpaired) electrons. The van der Waals surface area contributed by atoms with Gasteiger partial charge in [-0.1, -0.05) is 48.5 Å². The number of nitrogens with zero attached hydrogens (tertiary/aromatic N) is 2. The number of anilines is 1. The van der Waals surface area contributed by atoms with Gasteiger partial charge < -0.3 is 19.9 Å². The molecule has 34 heavy (non-hydrogen) atoms. The van der Waals surface area contributed by atoms with E-state index in [2.05, 4.69) is 0 Å². The molecule has 0 aliphatic carbocycles. The van der Waals surface area contributed by atoms with Crippen molar-refractivity contribution in [2.24, 2.45) is 5.73 Å². The minimum absolute atomic E-state index is 0.0278. The zero-order valence-corrected chi connectivity index (χ0v) is 18.5. The van der Waals surface area contributed by atoms with Crippen molar-refractivity contribution in [2.75, 3.05) is 18.6 Å². The van der Waals surface area contributed by atoms with Crippen molar-refractivity contribution in [3.05, 3.63) is 88.5 Å². The lowest BCUT2D eigenvalue weighted by molar-refractivity contribution is -0.144. The smallest absolute Gasteiger partial charge is 0.339 e. The second kappa shape index (κ2) is 8.75. The fraction of sp³-hybridized carbons (Fsp3) is 0.200. The van der Waals surface area contributed by atoms with E-state index in [0.717, 1.165) is 12.7 Å². The molecule has 9 heteroatoms. The van der Waals surface area contributed by atoms with Crippen LogP contribution in [-0.2, 0) is 40.6 Å². The lowest BCUT2D eigenvalue weighted by Gasteiger charge is -2.34. The number of benzene rings is 2.